The number of hydrogen-bond acceptors (Lipinski definition) is 1. The van der Waals surface area contributed by atoms with Gasteiger partial charge in [0.15, 0.2) is 0 Å². The Bertz CT molecular complexity index is 578. The predicted octanol–water partition coefficient (Wildman–Crippen LogP) is 4.99. The largest absolute Gasteiger partial charge is 0.457 e. The summed E-state index contributed by atoms with van der Waals surface area (Å²) in [5.41, 5.74) is 2.48. The molecule has 1 nitrogen and oxygen atoms in total. The Morgan fingerprint density at radius 3 is 1.37 bits per heavy atom. The van der Waals surface area contributed by atoms with E-state index in [1.807, 2.05) is 0 Å². The van der Waals surface area contributed by atoms with Crippen LogP contribution in [0.3, 0.4) is 0 Å². The van der Waals surface area contributed by atoms with Crippen molar-refractivity contribution in [3.63, 3.8) is 0 Å². The van der Waals surface area contributed by atoms with E-state index in [1.54, 1.807) is 39.8 Å². The topological polar surface area (TPSA) is 9.23 Å². The third-order valence-electron chi connectivity index (χ3n) is 3.13. The van der Waals surface area contributed by atoms with Gasteiger partial charge < -0.3 is 4.74 Å². The molecule has 0 bridgehead atoms. The van der Waals surface area contributed by atoms with Gasteiger partial charge in [0.2, 0.25) is 0 Å². The van der Waals surface area contributed by atoms with Gasteiger partial charge in [-0.05, 0) is 74.2 Å². The summed E-state index contributed by atoms with van der Waals surface area (Å²) >= 11 is 0. The van der Waals surface area contributed by atoms with E-state index in [-0.39, 0.29) is 11.6 Å². The standard InChI is InChI=1S/C16H16F2O/c1-9-7-15(11(3)5-13(9)17)19-16-8-10(2)14(18)6-12(16)4/h5-8H,1-4H3. The molecule has 3 heteroatoms. The van der Waals surface area contributed by atoms with E-state index in [0.717, 1.165) is 0 Å². The van der Waals surface area contributed by atoms with Crippen LogP contribution in [0, 0.1) is 39.3 Å². The molecular weight excluding hydrogens is 246 g/mol. The first-order chi connectivity index (χ1) is 8.88. The summed E-state index contributed by atoms with van der Waals surface area (Å²) in [6.07, 6.45) is 0. The van der Waals surface area contributed by atoms with Gasteiger partial charge in [0.1, 0.15) is 23.1 Å². The molecule has 0 fully saturated rings. The van der Waals surface area contributed by atoms with Gasteiger partial charge in [-0.15, -0.1) is 0 Å². The van der Waals surface area contributed by atoms with Crippen LogP contribution in [0.2, 0.25) is 0 Å². The van der Waals surface area contributed by atoms with Crippen LogP contribution < -0.4 is 4.74 Å². The minimum Gasteiger partial charge on any atom is -0.457 e. The lowest BCUT2D eigenvalue weighted by Gasteiger charge is -2.13. The summed E-state index contributed by atoms with van der Waals surface area (Å²) < 4.78 is 32.6. The third kappa shape index (κ3) is 2.75. The molecule has 0 spiro atoms. The van der Waals surface area contributed by atoms with Crippen molar-refractivity contribution in [2.45, 2.75) is 27.7 Å². The van der Waals surface area contributed by atoms with E-state index >= 15 is 0 Å². The highest BCUT2D eigenvalue weighted by Gasteiger charge is 2.10. The van der Waals surface area contributed by atoms with E-state index < -0.39 is 0 Å². The Hall–Kier alpha value is -1.90. The molecule has 100 valence electrons. The summed E-state index contributed by atoms with van der Waals surface area (Å²) in [4.78, 5) is 0. The summed E-state index contributed by atoms with van der Waals surface area (Å²) in [7, 11) is 0. The van der Waals surface area contributed by atoms with E-state index in [2.05, 4.69) is 0 Å². The Kier molecular flexibility index (Phi) is 3.56. The Labute approximate surface area is 111 Å². The van der Waals surface area contributed by atoms with E-state index in [0.29, 0.717) is 33.8 Å². The molecule has 0 amide bonds. The zero-order valence-electron chi connectivity index (χ0n) is 11.5. The Balaban J connectivity index is 2.42. The first kappa shape index (κ1) is 13.5. The molecule has 2 rings (SSSR count). The van der Waals surface area contributed by atoms with Crippen molar-refractivity contribution in [3.05, 3.63) is 58.2 Å². The van der Waals surface area contributed by atoms with E-state index in [9.17, 15) is 8.78 Å². The molecule has 0 aliphatic carbocycles. The second-order valence-electron chi connectivity index (χ2n) is 4.84. The smallest absolute Gasteiger partial charge is 0.130 e. The molecule has 0 aliphatic heterocycles. The SMILES string of the molecule is Cc1cc(Oc2cc(C)c(F)cc2C)c(C)cc1F. The van der Waals surface area contributed by atoms with Gasteiger partial charge in [-0.2, -0.15) is 0 Å². The van der Waals surface area contributed by atoms with Crippen molar-refractivity contribution >= 4 is 0 Å². The quantitative estimate of drug-likeness (QED) is 0.740. The summed E-state index contributed by atoms with van der Waals surface area (Å²) in [5, 5.41) is 0. The van der Waals surface area contributed by atoms with Crippen molar-refractivity contribution < 1.29 is 13.5 Å². The number of halogens is 2. The van der Waals surface area contributed by atoms with Crippen LogP contribution in [0.15, 0.2) is 24.3 Å². The maximum absolute atomic E-state index is 13.4. The van der Waals surface area contributed by atoms with Gasteiger partial charge in [-0.25, -0.2) is 8.78 Å². The predicted molar refractivity (Wildman–Crippen MR) is 71.8 cm³/mol. The highest BCUT2D eigenvalue weighted by Crippen LogP contribution is 2.30. The lowest BCUT2D eigenvalue weighted by atomic mass is 10.1. The average molecular weight is 262 g/mol. The normalized spacial score (nSPS) is 10.6. The minimum atomic E-state index is -0.253. The summed E-state index contributed by atoms with van der Waals surface area (Å²) in [5.74, 6) is 0.676. The van der Waals surface area contributed by atoms with Crippen molar-refractivity contribution in [1.82, 2.24) is 0 Å². The molecule has 0 radical (unpaired) electrons. The van der Waals surface area contributed by atoms with Crippen LogP contribution in [0.4, 0.5) is 8.78 Å². The van der Waals surface area contributed by atoms with Crippen LogP contribution in [0.25, 0.3) is 0 Å². The second kappa shape index (κ2) is 5.00. The van der Waals surface area contributed by atoms with Crippen molar-refractivity contribution in [2.75, 3.05) is 0 Å². The Morgan fingerprint density at radius 1 is 0.632 bits per heavy atom. The van der Waals surface area contributed by atoms with Gasteiger partial charge >= 0.3 is 0 Å². The van der Waals surface area contributed by atoms with Crippen LogP contribution >= 0.6 is 0 Å². The lowest BCUT2D eigenvalue weighted by Crippen LogP contribution is -1.95. The first-order valence-corrected chi connectivity index (χ1v) is 6.10. The van der Waals surface area contributed by atoms with E-state index in [1.165, 1.54) is 12.1 Å². The fourth-order valence-electron chi connectivity index (χ4n) is 1.85. The Morgan fingerprint density at radius 2 is 1.00 bits per heavy atom. The lowest BCUT2D eigenvalue weighted by molar-refractivity contribution is 0.469. The molecule has 19 heavy (non-hydrogen) atoms. The van der Waals surface area contributed by atoms with Gasteiger partial charge in [0, 0.05) is 0 Å². The molecule has 0 aliphatic rings. The first-order valence-electron chi connectivity index (χ1n) is 6.10. The maximum atomic E-state index is 13.4. The molecule has 0 unspecified atom stereocenters. The molecule has 2 aromatic rings. The minimum absolute atomic E-state index is 0.253. The molecule has 0 saturated carbocycles. The van der Waals surface area contributed by atoms with Gasteiger partial charge in [0.05, 0.1) is 0 Å². The molecule has 0 aromatic heterocycles. The van der Waals surface area contributed by atoms with Crippen molar-refractivity contribution in [2.24, 2.45) is 0 Å². The number of benzene rings is 2. The number of hydrogen-bond donors (Lipinski definition) is 0. The molecule has 0 N–H and O–H groups in total. The maximum Gasteiger partial charge on any atom is 0.130 e. The van der Waals surface area contributed by atoms with Crippen molar-refractivity contribution in [1.29, 1.82) is 0 Å². The van der Waals surface area contributed by atoms with Crippen LogP contribution in [0.1, 0.15) is 22.3 Å². The van der Waals surface area contributed by atoms with E-state index in [4.69, 9.17) is 4.74 Å². The van der Waals surface area contributed by atoms with Crippen LogP contribution in [0.5, 0.6) is 11.5 Å². The summed E-state index contributed by atoms with van der Waals surface area (Å²) in [6, 6.07) is 6.19. The molecule has 2 aromatic carbocycles. The highest BCUT2D eigenvalue weighted by atomic mass is 19.1. The summed E-state index contributed by atoms with van der Waals surface area (Å²) in [6.45, 7) is 6.93. The average Bonchev–Trinajstić information content (AvgIpc) is 2.32. The van der Waals surface area contributed by atoms with Gasteiger partial charge in [-0.3, -0.25) is 0 Å². The third-order valence-corrected chi connectivity index (χ3v) is 3.13. The van der Waals surface area contributed by atoms with Crippen LogP contribution in [-0.4, -0.2) is 0 Å². The second-order valence-corrected chi connectivity index (χ2v) is 4.84. The fraction of sp³-hybridized carbons (Fsp3) is 0.250. The molecule has 0 atom stereocenters. The van der Waals surface area contributed by atoms with Crippen molar-refractivity contribution in [3.8, 4) is 11.5 Å². The van der Waals surface area contributed by atoms with Crippen LogP contribution in [-0.2, 0) is 0 Å². The molecule has 0 heterocycles. The highest BCUT2D eigenvalue weighted by molar-refractivity contribution is 5.44. The van der Waals surface area contributed by atoms with Gasteiger partial charge in [0.25, 0.3) is 0 Å². The fourth-order valence-corrected chi connectivity index (χ4v) is 1.85. The zero-order valence-corrected chi connectivity index (χ0v) is 11.5. The number of aryl methyl sites for hydroxylation is 4. The number of rotatable bonds is 2. The monoisotopic (exact) mass is 262 g/mol. The zero-order chi connectivity index (χ0) is 14.2. The molecular formula is C16H16F2O. The molecule has 0 saturated heterocycles. The number of ether oxygens (including phenoxy) is 1. The van der Waals surface area contributed by atoms with Gasteiger partial charge in [-0.1, -0.05) is 0 Å².